The Morgan fingerprint density at radius 1 is 1.20 bits per heavy atom. The summed E-state index contributed by atoms with van der Waals surface area (Å²) in [6.45, 7) is 4.75. The Bertz CT molecular complexity index is 498. The second kappa shape index (κ2) is 7.01. The highest BCUT2D eigenvalue weighted by atomic mass is 127. The Balaban J connectivity index is 3.36. The lowest BCUT2D eigenvalue weighted by molar-refractivity contribution is -0.164. The van der Waals surface area contributed by atoms with Crippen LogP contribution in [0.15, 0.2) is 18.2 Å². The summed E-state index contributed by atoms with van der Waals surface area (Å²) in [6, 6.07) is 4.28. The second-order valence-corrected chi connectivity index (χ2v) is 5.44. The summed E-state index contributed by atoms with van der Waals surface area (Å²) in [6.07, 6.45) is 0. The van der Waals surface area contributed by atoms with Gasteiger partial charge < -0.3 is 9.47 Å². The van der Waals surface area contributed by atoms with Crippen molar-refractivity contribution in [3.8, 4) is 0 Å². The van der Waals surface area contributed by atoms with Gasteiger partial charge in [-0.2, -0.15) is 0 Å². The summed E-state index contributed by atoms with van der Waals surface area (Å²) < 4.78 is 24.6. The van der Waals surface area contributed by atoms with E-state index in [-0.39, 0.29) is 18.8 Å². The van der Waals surface area contributed by atoms with E-state index in [1.54, 1.807) is 19.9 Å². The van der Waals surface area contributed by atoms with Crippen LogP contribution in [0.3, 0.4) is 0 Å². The molecule has 110 valence electrons. The van der Waals surface area contributed by atoms with E-state index in [4.69, 9.17) is 9.47 Å². The van der Waals surface area contributed by atoms with E-state index >= 15 is 0 Å². The summed E-state index contributed by atoms with van der Waals surface area (Å²) >= 11 is 1.95. The fraction of sp³-hybridized carbons (Fsp3) is 0.429. The van der Waals surface area contributed by atoms with Crippen molar-refractivity contribution < 1.29 is 23.5 Å². The monoisotopic (exact) mass is 394 g/mol. The molecular weight excluding hydrogens is 378 g/mol. The van der Waals surface area contributed by atoms with Crippen LogP contribution >= 0.6 is 22.6 Å². The molecule has 1 aromatic carbocycles. The average molecular weight is 394 g/mol. The van der Waals surface area contributed by atoms with E-state index in [9.17, 15) is 14.0 Å². The van der Waals surface area contributed by atoms with Crippen molar-refractivity contribution in [2.24, 2.45) is 0 Å². The van der Waals surface area contributed by atoms with Crippen molar-refractivity contribution in [1.82, 2.24) is 0 Å². The minimum atomic E-state index is -1.81. The first kappa shape index (κ1) is 16.9. The van der Waals surface area contributed by atoms with E-state index in [0.717, 1.165) is 0 Å². The highest BCUT2D eigenvalue weighted by Gasteiger charge is 2.47. The molecule has 0 heterocycles. The molecule has 1 aromatic rings. The number of carbonyl (C=O) groups is 2. The summed E-state index contributed by atoms with van der Waals surface area (Å²) in [5.41, 5.74) is -1.85. The van der Waals surface area contributed by atoms with Crippen LogP contribution in [0.25, 0.3) is 0 Å². The summed E-state index contributed by atoms with van der Waals surface area (Å²) in [4.78, 5) is 24.3. The van der Waals surface area contributed by atoms with E-state index in [1.165, 1.54) is 19.1 Å². The van der Waals surface area contributed by atoms with Crippen molar-refractivity contribution in [3.05, 3.63) is 33.1 Å². The fourth-order valence-corrected chi connectivity index (χ4v) is 2.20. The second-order valence-electron chi connectivity index (χ2n) is 4.19. The first-order valence-corrected chi connectivity index (χ1v) is 7.25. The minimum Gasteiger partial charge on any atom is -0.465 e. The minimum absolute atomic E-state index is 0.0465. The van der Waals surface area contributed by atoms with Crippen molar-refractivity contribution in [1.29, 1.82) is 0 Å². The van der Waals surface area contributed by atoms with Gasteiger partial charge in [0.2, 0.25) is 0 Å². The first-order chi connectivity index (χ1) is 9.37. The molecule has 0 unspecified atom stereocenters. The molecule has 0 aromatic heterocycles. The van der Waals surface area contributed by atoms with Crippen molar-refractivity contribution in [3.63, 3.8) is 0 Å². The zero-order valence-electron chi connectivity index (χ0n) is 11.5. The van der Waals surface area contributed by atoms with Gasteiger partial charge in [-0.05, 0) is 55.5 Å². The standard InChI is InChI=1S/C14H16FIO4/c1-4-19-12(17)14(3,13(18)20-5-2)10-7-6-9(16)8-11(10)15/h6-8H,4-5H2,1-3H3. The Labute approximate surface area is 130 Å². The lowest BCUT2D eigenvalue weighted by Crippen LogP contribution is -2.44. The van der Waals surface area contributed by atoms with Gasteiger partial charge in [0.25, 0.3) is 0 Å². The molecule has 0 aliphatic rings. The molecule has 0 aliphatic heterocycles. The van der Waals surface area contributed by atoms with E-state index in [0.29, 0.717) is 3.57 Å². The number of benzene rings is 1. The number of ether oxygens (including phenoxy) is 2. The Hall–Kier alpha value is -1.18. The third-order valence-electron chi connectivity index (χ3n) is 2.84. The SMILES string of the molecule is CCOC(=O)C(C)(C(=O)OCC)c1ccc(I)cc1F. The van der Waals surface area contributed by atoms with Crippen LogP contribution in [0, 0.1) is 9.39 Å². The van der Waals surface area contributed by atoms with Gasteiger partial charge >= 0.3 is 11.9 Å². The van der Waals surface area contributed by atoms with Crippen molar-refractivity contribution in [2.45, 2.75) is 26.2 Å². The smallest absolute Gasteiger partial charge is 0.327 e. The van der Waals surface area contributed by atoms with Crippen LogP contribution in [0.2, 0.25) is 0 Å². The molecule has 0 N–H and O–H groups in total. The summed E-state index contributed by atoms with van der Waals surface area (Å²) in [7, 11) is 0. The van der Waals surface area contributed by atoms with E-state index < -0.39 is 23.2 Å². The van der Waals surface area contributed by atoms with Gasteiger partial charge in [-0.15, -0.1) is 0 Å². The molecule has 0 radical (unpaired) electrons. The molecule has 6 heteroatoms. The summed E-state index contributed by atoms with van der Waals surface area (Å²) in [5, 5.41) is 0. The number of rotatable bonds is 5. The third-order valence-corrected chi connectivity index (χ3v) is 3.51. The average Bonchev–Trinajstić information content (AvgIpc) is 2.38. The predicted octanol–water partition coefficient (Wildman–Crippen LogP) is 2.81. The number of carbonyl (C=O) groups excluding carboxylic acids is 2. The normalized spacial score (nSPS) is 11.1. The number of hydrogen-bond acceptors (Lipinski definition) is 4. The summed E-state index contributed by atoms with van der Waals surface area (Å²) in [5.74, 6) is -2.28. The van der Waals surface area contributed by atoms with E-state index in [2.05, 4.69) is 0 Å². The van der Waals surface area contributed by atoms with Crippen LogP contribution in [0.5, 0.6) is 0 Å². The fourth-order valence-electron chi connectivity index (χ4n) is 1.75. The van der Waals surface area contributed by atoms with Crippen molar-refractivity contribution in [2.75, 3.05) is 13.2 Å². The Morgan fingerprint density at radius 2 is 1.70 bits per heavy atom. The maximum absolute atomic E-state index is 14.1. The number of hydrogen-bond donors (Lipinski definition) is 0. The Morgan fingerprint density at radius 3 is 2.10 bits per heavy atom. The maximum Gasteiger partial charge on any atom is 0.327 e. The van der Waals surface area contributed by atoms with Crippen LogP contribution in [-0.4, -0.2) is 25.2 Å². The lowest BCUT2D eigenvalue weighted by atomic mass is 9.82. The molecule has 20 heavy (non-hydrogen) atoms. The predicted molar refractivity (Wildman–Crippen MR) is 79.7 cm³/mol. The highest BCUT2D eigenvalue weighted by molar-refractivity contribution is 14.1. The van der Waals surface area contributed by atoms with Gasteiger partial charge in [0.15, 0.2) is 5.41 Å². The highest BCUT2D eigenvalue weighted by Crippen LogP contribution is 2.30. The maximum atomic E-state index is 14.1. The van der Waals surface area contributed by atoms with Gasteiger partial charge in [-0.25, -0.2) is 4.39 Å². The molecule has 0 fully saturated rings. The van der Waals surface area contributed by atoms with Crippen LogP contribution < -0.4 is 0 Å². The molecule has 0 saturated carbocycles. The molecule has 0 amide bonds. The molecule has 4 nitrogen and oxygen atoms in total. The van der Waals surface area contributed by atoms with Gasteiger partial charge in [-0.1, -0.05) is 6.07 Å². The topological polar surface area (TPSA) is 52.6 Å². The lowest BCUT2D eigenvalue weighted by Gasteiger charge is -2.25. The van der Waals surface area contributed by atoms with E-state index in [1.807, 2.05) is 22.6 Å². The van der Waals surface area contributed by atoms with Crippen molar-refractivity contribution >= 4 is 34.5 Å². The molecule has 0 atom stereocenters. The van der Waals surface area contributed by atoms with Gasteiger partial charge in [0, 0.05) is 9.13 Å². The molecular formula is C14H16FIO4. The van der Waals surface area contributed by atoms with Crippen LogP contribution in [0.1, 0.15) is 26.3 Å². The zero-order valence-corrected chi connectivity index (χ0v) is 13.7. The molecule has 0 aliphatic carbocycles. The van der Waals surface area contributed by atoms with Gasteiger partial charge in [0.1, 0.15) is 5.82 Å². The molecule has 0 saturated heterocycles. The Kier molecular flexibility index (Phi) is 5.91. The van der Waals surface area contributed by atoms with Gasteiger partial charge in [0.05, 0.1) is 13.2 Å². The molecule has 0 bridgehead atoms. The molecule has 0 spiro atoms. The van der Waals surface area contributed by atoms with Gasteiger partial charge in [-0.3, -0.25) is 9.59 Å². The van der Waals surface area contributed by atoms with Crippen LogP contribution in [-0.2, 0) is 24.5 Å². The largest absolute Gasteiger partial charge is 0.465 e. The number of esters is 2. The number of halogens is 2. The molecule has 1 rings (SSSR count). The zero-order chi connectivity index (χ0) is 15.3. The third kappa shape index (κ3) is 3.28. The first-order valence-electron chi connectivity index (χ1n) is 6.17. The quantitative estimate of drug-likeness (QED) is 0.438. The van der Waals surface area contributed by atoms with Crippen LogP contribution in [0.4, 0.5) is 4.39 Å².